The second kappa shape index (κ2) is 7.17. The molecule has 0 aliphatic rings. The van der Waals surface area contributed by atoms with Gasteiger partial charge < -0.3 is 5.11 Å². The van der Waals surface area contributed by atoms with Crippen molar-refractivity contribution in [2.24, 2.45) is 7.05 Å². The van der Waals surface area contributed by atoms with Gasteiger partial charge in [-0.1, -0.05) is 12.1 Å². The van der Waals surface area contributed by atoms with Crippen LogP contribution in [0.1, 0.15) is 40.7 Å². The highest BCUT2D eigenvalue weighted by atomic mass is 32.1. The average Bonchev–Trinajstić information content (AvgIpc) is 3.06. The monoisotopic (exact) mass is 427 g/mol. The van der Waals surface area contributed by atoms with Gasteiger partial charge in [0.15, 0.2) is 0 Å². The third-order valence-corrected chi connectivity index (χ3v) is 6.28. The van der Waals surface area contributed by atoms with E-state index in [1.54, 1.807) is 32.0 Å². The molecule has 0 spiro atoms. The average molecular weight is 427 g/mol. The third kappa shape index (κ3) is 2.93. The summed E-state index contributed by atoms with van der Waals surface area (Å²) in [6.45, 7) is 3.59. The van der Waals surface area contributed by atoms with E-state index >= 15 is 0 Å². The van der Waals surface area contributed by atoms with Crippen LogP contribution in [-0.4, -0.2) is 25.2 Å². The number of aromatic nitrogens is 3. The molecule has 0 saturated carbocycles. The first-order chi connectivity index (χ1) is 14.2. The summed E-state index contributed by atoms with van der Waals surface area (Å²) in [4.78, 5) is 42.4. The van der Waals surface area contributed by atoms with E-state index in [4.69, 9.17) is 0 Å². The normalized spacial score (nSPS) is 11.6. The largest absolute Gasteiger partial charge is 0.478 e. The number of benzene rings is 1. The van der Waals surface area contributed by atoms with Gasteiger partial charge in [0.2, 0.25) is 0 Å². The molecule has 0 amide bonds. The molecule has 9 heteroatoms. The standard InChI is InChI=1S/C21H18FN3O4S/c1-10(2)25-19-16(18(26)24(3)21(25)29)15(20(27)28)14(30-19)9-11-7-8-23-17-12(11)5-4-6-13(17)22/h4-8,10H,9H2,1-3H3,(H,27,28). The summed E-state index contributed by atoms with van der Waals surface area (Å²) in [5.74, 6) is -1.71. The molecule has 154 valence electrons. The Bertz CT molecular complexity index is 1450. The number of hydrogen-bond donors (Lipinski definition) is 1. The summed E-state index contributed by atoms with van der Waals surface area (Å²) >= 11 is 1.11. The number of rotatable bonds is 4. The van der Waals surface area contributed by atoms with Crippen LogP contribution in [0.2, 0.25) is 0 Å². The number of thiophene rings is 1. The number of aromatic carboxylic acids is 1. The predicted octanol–water partition coefficient (Wildman–Crippen LogP) is 3.32. The number of hydrogen-bond acceptors (Lipinski definition) is 5. The Hall–Kier alpha value is -3.33. The van der Waals surface area contributed by atoms with Gasteiger partial charge in [-0.3, -0.25) is 18.9 Å². The lowest BCUT2D eigenvalue weighted by Gasteiger charge is -2.12. The van der Waals surface area contributed by atoms with Gasteiger partial charge in [0.1, 0.15) is 16.2 Å². The fourth-order valence-corrected chi connectivity index (χ4v) is 5.10. The second-order valence-corrected chi connectivity index (χ2v) is 8.36. The van der Waals surface area contributed by atoms with Crippen molar-refractivity contribution in [3.63, 3.8) is 0 Å². The number of carboxylic acids is 1. The van der Waals surface area contributed by atoms with Gasteiger partial charge in [0.25, 0.3) is 5.56 Å². The van der Waals surface area contributed by atoms with Crippen LogP contribution in [0.25, 0.3) is 21.1 Å². The second-order valence-electron chi connectivity index (χ2n) is 7.28. The van der Waals surface area contributed by atoms with E-state index < -0.39 is 23.0 Å². The molecule has 3 heterocycles. The molecule has 1 aromatic carbocycles. The first-order valence-electron chi connectivity index (χ1n) is 9.24. The topological polar surface area (TPSA) is 94.2 Å². The minimum Gasteiger partial charge on any atom is -0.478 e. The molecule has 0 saturated heterocycles. The molecule has 7 nitrogen and oxygen atoms in total. The smallest absolute Gasteiger partial charge is 0.337 e. The summed E-state index contributed by atoms with van der Waals surface area (Å²) in [6, 6.07) is 6.03. The van der Waals surface area contributed by atoms with Gasteiger partial charge in [0.05, 0.1) is 10.9 Å². The van der Waals surface area contributed by atoms with Crippen molar-refractivity contribution in [1.29, 1.82) is 0 Å². The van der Waals surface area contributed by atoms with Crippen molar-refractivity contribution in [3.05, 3.63) is 73.1 Å². The van der Waals surface area contributed by atoms with Gasteiger partial charge in [0, 0.05) is 36.0 Å². The fraction of sp³-hybridized carbons (Fsp3) is 0.238. The molecule has 3 aromatic heterocycles. The Morgan fingerprint density at radius 2 is 2.00 bits per heavy atom. The van der Waals surface area contributed by atoms with E-state index in [-0.39, 0.29) is 28.9 Å². The lowest BCUT2D eigenvalue weighted by atomic mass is 10.0. The fourth-order valence-electron chi connectivity index (χ4n) is 3.67. The molecule has 0 fully saturated rings. The van der Waals surface area contributed by atoms with Crippen molar-refractivity contribution >= 4 is 38.4 Å². The van der Waals surface area contributed by atoms with Crippen molar-refractivity contribution in [1.82, 2.24) is 14.1 Å². The van der Waals surface area contributed by atoms with Crippen molar-refractivity contribution in [3.8, 4) is 0 Å². The third-order valence-electron chi connectivity index (χ3n) is 5.09. The van der Waals surface area contributed by atoms with Crippen LogP contribution >= 0.6 is 11.3 Å². The van der Waals surface area contributed by atoms with Gasteiger partial charge in [-0.05, 0) is 31.5 Å². The summed E-state index contributed by atoms with van der Waals surface area (Å²) in [7, 11) is 1.34. The lowest BCUT2D eigenvalue weighted by Crippen LogP contribution is -2.38. The van der Waals surface area contributed by atoms with Crippen molar-refractivity contribution in [2.45, 2.75) is 26.3 Å². The molecule has 0 aliphatic heterocycles. The Kier molecular flexibility index (Phi) is 4.77. The number of para-hydroxylation sites is 1. The highest BCUT2D eigenvalue weighted by Gasteiger charge is 2.26. The van der Waals surface area contributed by atoms with Crippen molar-refractivity contribution in [2.75, 3.05) is 0 Å². The van der Waals surface area contributed by atoms with Gasteiger partial charge in [-0.25, -0.2) is 14.0 Å². The number of carbonyl (C=O) groups is 1. The van der Waals surface area contributed by atoms with Gasteiger partial charge in [-0.15, -0.1) is 11.3 Å². The highest BCUT2D eigenvalue weighted by Crippen LogP contribution is 2.33. The molecule has 0 unspecified atom stereocenters. The molecule has 4 aromatic rings. The lowest BCUT2D eigenvalue weighted by molar-refractivity contribution is 0.0698. The number of halogens is 1. The van der Waals surface area contributed by atoms with E-state index in [1.165, 1.54) is 23.9 Å². The van der Waals surface area contributed by atoms with Crippen LogP contribution in [0.4, 0.5) is 4.39 Å². The van der Waals surface area contributed by atoms with E-state index in [9.17, 15) is 23.9 Å². The maximum absolute atomic E-state index is 14.1. The Balaban J connectivity index is 2.05. The van der Waals surface area contributed by atoms with Crippen LogP contribution in [0, 0.1) is 5.82 Å². The zero-order chi connectivity index (χ0) is 21.7. The quantitative estimate of drug-likeness (QED) is 0.539. The van der Waals surface area contributed by atoms with Crippen molar-refractivity contribution < 1.29 is 14.3 Å². The molecular weight excluding hydrogens is 409 g/mol. The molecule has 1 N–H and O–H groups in total. The van der Waals surface area contributed by atoms with E-state index in [0.717, 1.165) is 15.9 Å². The molecular formula is C21H18FN3O4S. The number of carboxylic acid groups (broad SMARTS) is 1. The SMILES string of the molecule is CC(C)n1c(=O)n(C)c(=O)c2c(C(=O)O)c(Cc3ccnc4c(F)cccc34)sc21. The molecule has 4 rings (SSSR count). The first kappa shape index (κ1) is 20.0. The van der Waals surface area contributed by atoms with Gasteiger partial charge in [-0.2, -0.15) is 0 Å². The number of nitrogens with zero attached hydrogens (tertiary/aromatic N) is 3. The zero-order valence-corrected chi connectivity index (χ0v) is 17.3. The summed E-state index contributed by atoms with van der Waals surface area (Å²) < 4.78 is 16.5. The Morgan fingerprint density at radius 1 is 1.27 bits per heavy atom. The first-order valence-corrected chi connectivity index (χ1v) is 10.1. The maximum atomic E-state index is 14.1. The van der Waals surface area contributed by atoms with E-state index in [1.807, 2.05) is 0 Å². The van der Waals surface area contributed by atoms with Crippen LogP contribution in [0.5, 0.6) is 0 Å². The minimum absolute atomic E-state index is 0.0165. The van der Waals surface area contributed by atoms with E-state index in [2.05, 4.69) is 4.98 Å². The van der Waals surface area contributed by atoms with E-state index in [0.29, 0.717) is 20.7 Å². The molecule has 0 radical (unpaired) electrons. The number of pyridine rings is 1. The number of fused-ring (bicyclic) bond motifs is 2. The minimum atomic E-state index is -1.24. The zero-order valence-electron chi connectivity index (χ0n) is 16.5. The highest BCUT2D eigenvalue weighted by molar-refractivity contribution is 7.19. The Morgan fingerprint density at radius 3 is 2.67 bits per heavy atom. The maximum Gasteiger partial charge on any atom is 0.337 e. The predicted molar refractivity (Wildman–Crippen MR) is 113 cm³/mol. The van der Waals surface area contributed by atoms with Crippen LogP contribution in [-0.2, 0) is 13.5 Å². The van der Waals surface area contributed by atoms with Crippen LogP contribution in [0.3, 0.4) is 0 Å². The molecule has 0 atom stereocenters. The molecule has 0 bridgehead atoms. The van der Waals surface area contributed by atoms with Crippen LogP contribution < -0.4 is 11.2 Å². The molecule has 0 aliphatic carbocycles. The summed E-state index contributed by atoms with van der Waals surface area (Å²) in [6.07, 6.45) is 1.64. The molecule has 30 heavy (non-hydrogen) atoms. The summed E-state index contributed by atoms with van der Waals surface area (Å²) in [5.41, 5.74) is -0.376. The Labute approximate surface area is 173 Å². The van der Waals surface area contributed by atoms with Crippen LogP contribution in [0.15, 0.2) is 40.1 Å². The summed E-state index contributed by atoms with van der Waals surface area (Å²) in [5, 5.41) is 10.5. The van der Waals surface area contributed by atoms with Gasteiger partial charge >= 0.3 is 11.7 Å².